The van der Waals surface area contributed by atoms with E-state index >= 15 is 0 Å². The molecule has 0 unspecified atom stereocenters. The van der Waals surface area contributed by atoms with Crippen LogP contribution in [0.4, 0.5) is 5.69 Å². The van der Waals surface area contributed by atoms with Crippen molar-refractivity contribution in [3.63, 3.8) is 0 Å². The third kappa shape index (κ3) is 2.64. The lowest BCUT2D eigenvalue weighted by Crippen LogP contribution is -2.30. The first-order chi connectivity index (χ1) is 9.36. The summed E-state index contributed by atoms with van der Waals surface area (Å²) in [6, 6.07) is 7.25. The molecule has 0 saturated carbocycles. The molecule has 0 amide bonds. The Kier molecular flexibility index (Phi) is 4.01. The zero-order valence-electron chi connectivity index (χ0n) is 11.5. The standard InChI is InChI=1S/C13H16N2O3S2/c1-4-15(11-7-5-9(2)6-8-11)20(17,18)12-10(3)14-13(16)19-12/h5-8H,4H2,1-3H3,(H,14,16). The zero-order valence-corrected chi connectivity index (χ0v) is 13.1. The molecule has 5 nitrogen and oxygen atoms in total. The van der Waals surface area contributed by atoms with Gasteiger partial charge in [0.1, 0.15) is 0 Å². The van der Waals surface area contributed by atoms with Gasteiger partial charge in [0.15, 0.2) is 4.21 Å². The summed E-state index contributed by atoms with van der Waals surface area (Å²) < 4.78 is 26.7. The van der Waals surface area contributed by atoms with Gasteiger partial charge in [-0.3, -0.25) is 9.10 Å². The Bertz CT molecular complexity index is 758. The third-order valence-electron chi connectivity index (χ3n) is 2.91. The second kappa shape index (κ2) is 5.41. The van der Waals surface area contributed by atoms with Gasteiger partial charge in [0.2, 0.25) is 0 Å². The van der Waals surface area contributed by atoms with Crippen LogP contribution in [0.2, 0.25) is 0 Å². The van der Waals surface area contributed by atoms with Gasteiger partial charge < -0.3 is 4.98 Å². The fourth-order valence-electron chi connectivity index (χ4n) is 1.94. The number of nitrogens with zero attached hydrogens (tertiary/aromatic N) is 1. The summed E-state index contributed by atoms with van der Waals surface area (Å²) in [5, 5.41) is 0. The quantitative estimate of drug-likeness (QED) is 0.941. The first-order valence-electron chi connectivity index (χ1n) is 6.15. The number of H-pyrrole nitrogens is 1. The molecule has 1 aromatic carbocycles. The van der Waals surface area contributed by atoms with Gasteiger partial charge in [-0.05, 0) is 32.9 Å². The fraction of sp³-hybridized carbons (Fsp3) is 0.308. The predicted molar refractivity (Wildman–Crippen MR) is 81.1 cm³/mol. The van der Waals surface area contributed by atoms with Gasteiger partial charge in [0.05, 0.1) is 5.69 Å². The van der Waals surface area contributed by atoms with E-state index in [0.717, 1.165) is 16.9 Å². The van der Waals surface area contributed by atoms with E-state index in [1.807, 2.05) is 19.1 Å². The van der Waals surface area contributed by atoms with Crippen molar-refractivity contribution in [2.75, 3.05) is 10.8 Å². The van der Waals surface area contributed by atoms with E-state index in [1.54, 1.807) is 26.0 Å². The minimum absolute atomic E-state index is 0.0740. The van der Waals surface area contributed by atoms with Crippen molar-refractivity contribution in [3.8, 4) is 0 Å². The molecule has 108 valence electrons. The SMILES string of the molecule is CCN(c1ccc(C)cc1)S(=O)(=O)c1sc(=O)[nH]c1C. The topological polar surface area (TPSA) is 70.2 Å². The molecule has 0 bridgehead atoms. The molecule has 1 aromatic heterocycles. The van der Waals surface area contributed by atoms with Gasteiger partial charge in [-0.25, -0.2) is 8.42 Å². The number of sulfonamides is 1. The molecule has 0 atom stereocenters. The number of hydrogen-bond acceptors (Lipinski definition) is 4. The molecular formula is C13H16N2O3S2. The summed E-state index contributed by atoms with van der Waals surface area (Å²) in [7, 11) is -3.71. The summed E-state index contributed by atoms with van der Waals surface area (Å²) in [4.78, 5) is 13.5. The van der Waals surface area contributed by atoms with Crippen LogP contribution in [0, 0.1) is 13.8 Å². The molecule has 0 aliphatic carbocycles. The number of nitrogens with one attached hydrogen (secondary N) is 1. The van der Waals surface area contributed by atoms with Gasteiger partial charge in [0.25, 0.3) is 10.0 Å². The molecule has 20 heavy (non-hydrogen) atoms. The van der Waals surface area contributed by atoms with Crippen molar-refractivity contribution < 1.29 is 8.42 Å². The number of hydrogen-bond donors (Lipinski definition) is 1. The number of aromatic nitrogens is 1. The summed E-state index contributed by atoms with van der Waals surface area (Å²) in [5.41, 5.74) is 2.04. The Hall–Kier alpha value is -1.60. The minimum atomic E-state index is -3.71. The molecule has 0 spiro atoms. The summed E-state index contributed by atoms with van der Waals surface area (Å²) in [6.45, 7) is 5.60. The molecule has 0 aliphatic heterocycles. The largest absolute Gasteiger partial charge is 0.315 e. The van der Waals surface area contributed by atoms with Crippen molar-refractivity contribution >= 4 is 27.0 Å². The summed E-state index contributed by atoms with van der Waals surface area (Å²) in [5.74, 6) is 0. The van der Waals surface area contributed by atoms with E-state index in [2.05, 4.69) is 4.98 Å². The van der Waals surface area contributed by atoms with Gasteiger partial charge in [-0.1, -0.05) is 29.0 Å². The monoisotopic (exact) mass is 312 g/mol. The number of rotatable bonds is 4. The summed E-state index contributed by atoms with van der Waals surface area (Å²) >= 11 is 0.722. The molecule has 0 radical (unpaired) electrons. The Labute approximate surface area is 121 Å². The second-order valence-electron chi connectivity index (χ2n) is 4.43. The smallest absolute Gasteiger partial charge is 0.306 e. The van der Waals surface area contributed by atoms with Crippen LogP contribution in [0.3, 0.4) is 0 Å². The highest BCUT2D eigenvalue weighted by Crippen LogP contribution is 2.26. The Morgan fingerprint density at radius 1 is 1.20 bits per heavy atom. The van der Waals surface area contributed by atoms with E-state index in [1.165, 1.54) is 4.31 Å². The molecule has 0 fully saturated rings. The van der Waals surface area contributed by atoms with Crippen LogP contribution in [-0.2, 0) is 10.0 Å². The van der Waals surface area contributed by atoms with E-state index < -0.39 is 10.0 Å². The first kappa shape index (κ1) is 14.8. The van der Waals surface area contributed by atoms with E-state index in [-0.39, 0.29) is 9.08 Å². The second-order valence-corrected chi connectivity index (χ2v) is 7.47. The highest BCUT2D eigenvalue weighted by Gasteiger charge is 2.27. The molecule has 1 heterocycles. The van der Waals surface area contributed by atoms with Crippen molar-refractivity contribution in [1.29, 1.82) is 0 Å². The number of benzene rings is 1. The molecule has 2 aromatic rings. The van der Waals surface area contributed by atoms with Gasteiger partial charge in [-0.15, -0.1) is 0 Å². The van der Waals surface area contributed by atoms with Crippen LogP contribution in [0.5, 0.6) is 0 Å². The normalized spacial score (nSPS) is 11.6. The van der Waals surface area contributed by atoms with Crippen molar-refractivity contribution in [2.24, 2.45) is 0 Å². The maximum absolute atomic E-state index is 12.7. The van der Waals surface area contributed by atoms with Gasteiger partial charge in [0, 0.05) is 12.2 Å². The van der Waals surface area contributed by atoms with Crippen LogP contribution in [0.1, 0.15) is 18.2 Å². The predicted octanol–water partition coefficient (Wildman–Crippen LogP) is 2.27. The lowest BCUT2D eigenvalue weighted by Gasteiger charge is -2.22. The molecule has 0 saturated heterocycles. The van der Waals surface area contributed by atoms with Crippen molar-refractivity contribution in [1.82, 2.24) is 4.98 Å². The van der Waals surface area contributed by atoms with E-state index in [0.29, 0.717) is 17.9 Å². The van der Waals surface area contributed by atoms with Crippen molar-refractivity contribution in [3.05, 3.63) is 45.2 Å². The zero-order chi connectivity index (χ0) is 14.9. The van der Waals surface area contributed by atoms with Gasteiger partial charge in [-0.2, -0.15) is 0 Å². The van der Waals surface area contributed by atoms with Crippen LogP contribution in [0.15, 0.2) is 33.3 Å². The lowest BCUT2D eigenvalue weighted by molar-refractivity contribution is 0.593. The van der Waals surface area contributed by atoms with Crippen LogP contribution < -0.4 is 9.18 Å². The van der Waals surface area contributed by atoms with Crippen LogP contribution in [0.25, 0.3) is 0 Å². The highest BCUT2D eigenvalue weighted by molar-refractivity contribution is 7.94. The first-order valence-corrected chi connectivity index (χ1v) is 8.41. The average molecular weight is 312 g/mol. The Morgan fingerprint density at radius 2 is 1.80 bits per heavy atom. The van der Waals surface area contributed by atoms with Crippen molar-refractivity contribution in [2.45, 2.75) is 25.0 Å². The maximum Gasteiger partial charge on any atom is 0.306 e. The number of aromatic amines is 1. The van der Waals surface area contributed by atoms with Gasteiger partial charge >= 0.3 is 4.87 Å². The third-order valence-corrected chi connectivity index (χ3v) is 6.40. The minimum Gasteiger partial charge on any atom is -0.315 e. The molecular weight excluding hydrogens is 296 g/mol. The highest BCUT2D eigenvalue weighted by atomic mass is 32.2. The molecule has 1 N–H and O–H groups in total. The van der Waals surface area contributed by atoms with Crippen LogP contribution >= 0.6 is 11.3 Å². The number of thiazole rings is 1. The van der Waals surface area contributed by atoms with E-state index in [9.17, 15) is 13.2 Å². The maximum atomic E-state index is 12.7. The van der Waals surface area contributed by atoms with Crippen LogP contribution in [-0.4, -0.2) is 19.9 Å². The molecule has 0 aliphatic rings. The fourth-order valence-corrected chi connectivity index (χ4v) is 4.81. The molecule has 2 rings (SSSR count). The Balaban J connectivity index is 2.53. The summed E-state index contributed by atoms with van der Waals surface area (Å²) in [6.07, 6.45) is 0. The molecule has 7 heteroatoms. The number of aryl methyl sites for hydroxylation is 2. The number of anilines is 1. The Morgan fingerprint density at radius 3 is 2.25 bits per heavy atom. The lowest BCUT2D eigenvalue weighted by atomic mass is 10.2. The average Bonchev–Trinajstić information content (AvgIpc) is 2.72. The van der Waals surface area contributed by atoms with E-state index in [4.69, 9.17) is 0 Å².